The summed E-state index contributed by atoms with van der Waals surface area (Å²) in [6, 6.07) is 10.9. The molecule has 1 heterocycles. The van der Waals surface area contributed by atoms with Gasteiger partial charge in [0.2, 0.25) is 0 Å². The molecule has 1 N–H and O–H groups in total. The fourth-order valence-corrected chi connectivity index (χ4v) is 2.77. The summed E-state index contributed by atoms with van der Waals surface area (Å²) in [5.41, 5.74) is 1.84. The molecule has 0 radical (unpaired) electrons. The molecule has 0 fully saturated rings. The number of fused-ring (bicyclic) bond motifs is 1. The number of hydrogen-bond acceptors (Lipinski definition) is 2. The minimum atomic E-state index is -0.157. The lowest BCUT2D eigenvalue weighted by molar-refractivity contribution is 0.210. The standard InChI is InChI=1S/C14H10Cl3NO/c15-8-1-3-10(11(17)5-8)14-7-18-12-4-2-9(16)6-13(12)19-14/h1-6,14,18H,7H2. The second-order valence-electron chi connectivity index (χ2n) is 4.29. The van der Waals surface area contributed by atoms with E-state index in [1.54, 1.807) is 18.2 Å². The molecular formula is C14H10Cl3NO. The first-order chi connectivity index (χ1) is 9.13. The van der Waals surface area contributed by atoms with Crippen molar-refractivity contribution in [3.05, 3.63) is 57.0 Å². The van der Waals surface area contributed by atoms with Crippen LogP contribution in [0.15, 0.2) is 36.4 Å². The van der Waals surface area contributed by atoms with Crippen molar-refractivity contribution < 1.29 is 4.74 Å². The number of ether oxygens (including phenoxy) is 1. The first-order valence-corrected chi connectivity index (χ1v) is 6.92. The molecule has 0 aromatic heterocycles. The molecule has 2 aromatic rings. The Morgan fingerprint density at radius 2 is 1.74 bits per heavy atom. The predicted octanol–water partition coefficient (Wildman–Crippen LogP) is 5.19. The zero-order valence-electron chi connectivity index (χ0n) is 9.79. The normalized spacial score (nSPS) is 17.3. The van der Waals surface area contributed by atoms with Crippen molar-refractivity contribution in [3.8, 4) is 5.75 Å². The van der Waals surface area contributed by atoms with Crippen LogP contribution in [-0.2, 0) is 0 Å². The van der Waals surface area contributed by atoms with Gasteiger partial charge in [0.25, 0.3) is 0 Å². The highest BCUT2D eigenvalue weighted by Gasteiger charge is 2.23. The van der Waals surface area contributed by atoms with E-state index in [4.69, 9.17) is 39.5 Å². The first kappa shape index (κ1) is 12.9. The van der Waals surface area contributed by atoms with Crippen LogP contribution in [0.3, 0.4) is 0 Å². The molecule has 1 atom stereocenters. The molecule has 0 spiro atoms. The molecule has 0 saturated heterocycles. The largest absolute Gasteiger partial charge is 0.482 e. The molecule has 98 valence electrons. The van der Waals surface area contributed by atoms with Crippen LogP contribution in [0.1, 0.15) is 11.7 Å². The lowest BCUT2D eigenvalue weighted by Gasteiger charge is -2.28. The quantitative estimate of drug-likeness (QED) is 0.782. The first-order valence-electron chi connectivity index (χ1n) is 5.78. The Hall–Kier alpha value is -1.09. The average Bonchev–Trinajstić information content (AvgIpc) is 2.38. The van der Waals surface area contributed by atoms with Gasteiger partial charge in [-0.3, -0.25) is 0 Å². The maximum atomic E-state index is 6.20. The van der Waals surface area contributed by atoms with Crippen molar-refractivity contribution in [2.24, 2.45) is 0 Å². The van der Waals surface area contributed by atoms with Crippen LogP contribution in [0, 0.1) is 0 Å². The summed E-state index contributed by atoms with van der Waals surface area (Å²) >= 11 is 18.1. The lowest BCUT2D eigenvalue weighted by Crippen LogP contribution is -2.23. The predicted molar refractivity (Wildman–Crippen MR) is 79.8 cm³/mol. The second kappa shape index (κ2) is 5.12. The molecule has 0 aliphatic carbocycles. The van der Waals surface area contributed by atoms with Gasteiger partial charge in [-0.25, -0.2) is 0 Å². The van der Waals surface area contributed by atoms with Crippen LogP contribution in [0.25, 0.3) is 0 Å². The van der Waals surface area contributed by atoms with Gasteiger partial charge >= 0.3 is 0 Å². The monoisotopic (exact) mass is 313 g/mol. The minimum Gasteiger partial charge on any atom is -0.482 e. The lowest BCUT2D eigenvalue weighted by atomic mass is 10.1. The molecule has 0 saturated carbocycles. The Morgan fingerprint density at radius 3 is 2.53 bits per heavy atom. The zero-order valence-corrected chi connectivity index (χ0v) is 12.1. The number of anilines is 1. The summed E-state index contributed by atoms with van der Waals surface area (Å²) in [6.07, 6.45) is -0.157. The summed E-state index contributed by atoms with van der Waals surface area (Å²) < 4.78 is 5.95. The number of hydrogen-bond donors (Lipinski definition) is 1. The van der Waals surface area contributed by atoms with Gasteiger partial charge in [-0.05, 0) is 24.3 Å². The van der Waals surface area contributed by atoms with Crippen LogP contribution < -0.4 is 10.1 Å². The molecule has 5 heteroatoms. The molecule has 1 aliphatic heterocycles. The maximum Gasteiger partial charge on any atom is 0.144 e. The summed E-state index contributed by atoms with van der Waals surface area (Å²) in [4.78, 5) is 0. The second-order valence-corrected chi connectivity index (χ2v) is 5.57. The van der Waals surface area contributed by atoms with E-state index in [2.05, 4.69) is 5.32 Å². The molecule has 1 unspecified atom stereocenters. The molecule has 2 nitrogen and oxygen atoms in total. The molecule has 0 amide bonds. The summed E-state index contributed by atoms with van der Waals surface area (Å²) in [5.74, 6) is 0.731. The van der Waals surface area contributed by atoms with E-state index in [1.165, 1.54) is 0 Å². The van der Waals surface area contributed by atoms with Gasteiger partial charge in [0.05, 0.1) is 12.2 Å². The highest BCUT2D eigenvalue weighted by atomic mass is 35.5. The van der Waals surface area contributed by atoms with E-state index in [-0.39, 0.29) is 6.10 Å². The highest BCUT2D eigenvalue weighted by Crippen LogP contribution is 2.38. The highest BCUT2D eigenvalue weighted by molar-refractivity contribution is 6.35. The number of benzene rings is 2. The molecule has 19 heavy (non-hydrogen) atoms. The number of nitrogens with one attached hydrogen (secondary N) is 1. The van der Waals surface area contributed by atoms with Gasteiger partial charge in [-0.2, -0.15) is 0 Å². The van der Waals surface area contributed by atoms with Crippen LogP contribution in [0.5, 0.6) is 5.75 Å². The molecule has 0 bridgehead atoms. The van der Waals surface area contributed by atoms with Gasteiger partial charge in [0.15, 0.2) is 0 Å². The molecular weight excluding hydrogens is 305 g/mol. The Bertz CT molecular complexity index is 630. The Morgan fingerprint density at radius 1 is 1.00 bits per heavy atom. The summed E-state index contributed by atoms with van der Waals surface area (Å²) in [7, 11) is 0. The van der Waals surface area contributed by atoms with Crippen molar-refractivity contribution in [1.29, 1.82) is 0 Å². The minimum absolute atomic E-state index is 0.157. The Labute approximate surface area is 126 Å². The van der Waals surface area contributed by atoms with Crippen LogP contribution >= 0.6 is 34.8 Å². The van der Waals surface area contributed by atoms with Gasteiger partial charge < -0.3 is 10.1 Å². The third-order valence-electron chi connectivity index (χ3n) is 3.00. The van der Waals surface area contributed by atoms with Crippen molar-refractivity contribution in [1.82, 2.24) is 0 Å². The third-order valence-corrected chi connectivity index (χ3v) is 3.80. The van der Waals surface area contributed by atoms with Gasteiger partial charge in [0.1, 0.15) is 11.9 Å². The molecule has 2 aromatic carbocycles. The number of rotatable bonds is 1. The van der Waals surface area contributed by atoms with Crippen LogP contribution in [-0.4, -0.2) is 6.54 Å². The summed E-state index contributed by atoms with van der Waals surface area (Å²) in [6.45, 7) is 0.649. The fourth-order valence-electron chi connectivity index (χ4n) is 2.07. The van der Waals surface area contributed by atoms with Crippen LogP contribution in [0.4, 0.5) is 5.69 Å². The van der Waals surface area contributed by atoms with Crippen molar-refractivity contribution in [2.45, 2.75) is 6.10 Å². The van der Waals surface area contributed by atoms with Crippen LogP contribution in [0.2, 0.25) is 15.1 Å². The zero-order chi connectivity index (χ0) is 13.4. The van der Waals surface area contributed by atoms with Crippen molar-refractivity contribution in [2.75, 3.05) is 11.9 Å². The van der Waals surface area contributed by atoms with E-state index in [1.807, 2.05) is 18.2 Å². The smallest absolute Gasteiger partial charge is 0.144 e. The van der Waals surface area contributed by atoms with E-state index in [0.29, 0.717) is 21.6 Å². The Kier molecular flexibility index (Phi) is 3.48. The summed E-state index contributed by atoms with van der Waals surface area (Å²) in [5, 5.41) is 5.16. The van der Waals surface area contributed by atoms with E-state index >= 15 is 0 Å². The maximum absolute atomic E-state index is 6.20. The third kappa shape index (κ3) is 2.62. The SMILES string of the molecule is Clc1ccc(C2CNc3ccc(Cl)cc3O2)c(Cl)c1. The van der Waals surface area contributed by atoms with Crippen molar-refractivity contribution >= 4 is 40.5 Å². The molecule has 1 aliphatic rings. The average molecular weight is 315 g/mol. The molecule has 3 rings (SSSR count). The van der Waals surface area contributed by atoms with E-state index in [9.17, 15) is 0 Å². The topological polar surface area (TPSA) is 21.3 Å². The van der Waals surface area contributed by atoms with Gasteiger partial charge in [-0.1, -0.05) is 40.9 Å². The van der Waals surface area contributed by atoms with Gasteiger partial charge in [-0.15, -0.1) is 0 Å². The van der Waals surface area contributed by atoms with Gasteiger partial charge in [0, 0.05) is 26.7 Å². The van der Waals surface area contributed by atoms with E-state index < -0.39 is 0 Å². The number of halogens is 3. The van der Waals surface area contributed by atoms with E-state index in [0.717, 1.165) is 17.0 Å². The van der Waals surface area contributed by atoms with Crippen molar-refractivity contribution in [3.63, 3.8) is 0 Å². The Balaban J connectivity index is 1.93. The fraction of sp³-hybridized carbons (Fsp3) is 0.143.